The maximum Gasteiger partial charge on any atom is 0.273 e. The van der Waals surface area contributed by atoms with Crippen LogP contribution in [0, 0.1) is 11.6 Å². The highest BCUT2D eigenvalue weighted by Crippen LogP contribution is 2.31. The average Bonchev–Trinajstić information content (AvgIpc) is 3.06. The first-order valence-corrected chi connectivity index (χ1v) is 10.3. The van der Waals surface area contributed by atoms with E-state index in [-0.39, 0.29) is 55.3 Å². The minimum Gasteiger partial charge on any atom is -0.382 e. The summed E-state index contributed by atoms with van der Waals surface area (Å²) in [5, 5.41) is -0.630. The lowest BCUT2D eigenvalue weighted by Crippen LogP contribution is -2.62. The number of rotatable bonds is 5. The van der Waals surface area contributed by atoms with Gasteiger partial charge in [0.15, 0.2) is 5.82 Å². The molecule has 0 spiro atoms. The number of fused-ring (bicyclic) bond motifs is 1. The average molecular weight is 477 g/mol. The first kappa shape index (κ1) is 22.8. The van der Waals surface area contributed by atoms with E-state index in [4.69, 9.17) is 16.3 Å². The summed E-state index contributed by atoms with van der Waals surface area (Å²) in [6.45, 7) is -0.612. The summed E-state index contributed by atoms with van der Waals surface area (Å²) in [7, 11) is 1.43. The van der Waals surface area contributed by atoms with Crippen LogP contribution in [0.3, 0.4) is 0 Å². The van der Waals surface area contributed by atoms with Gasteiger partial charge in [0.1, 0.15) is 11.5 Å². The summed E-state index contributed by atoms with van der Waals surface area (Å²) in [5.74, 6) is -5.53. The molecule has 3 heterocycles. The van der Waals surface area contributed by atoms with Crippen LogP contribution in [0.4, 0.5) is 17.6 Å². The number of amides is 2. The van der Waals surface area contributed by atoms with E-state index in [1.54, 1.807) is 0 Å². The van der Waals surface area contributed by atoms with Gasteiger partial charge >= 0.3 is 0 Å². The van der Waals surface area contributed by atoms with Gasteiger partial charge in [-0.1, -0.05) is 11.6 Å². The number of hydrogen-bond acceptors (Lipinski definition) is 4. The number of ether oxygens (including phenoxy) is 1. The highest BCUT2D eigenvalue weighted by Gasteiger charge is 2.45. The van der Waals surface area contributed by atoms with Gasteiger partial charge in [-0.15, -0.1) is 0 Å². The molecule has 1 aromatic heterocycles. The maximum atomic E-state index is 15.0. The van der Waals surface area contributed by atoms with Crippen molar-refractivity contribution >= 4 is 34.3 Å². The summed E-state index contributed by atoms with van der Waals surface area (Å²) < 4.78 is 59.9. The lowest BCUT2D eigenvalue weighted by Gasteiger charge is -2.43. The minimum absolute atomic E-state index is 0.0779. The summed E-state index contributed by atoms with van der Waals surface area (Å²) in [4.78, 5) is 32.5. The Kier molecular flexibility index (Phi) is 6.08. The molecule has 2 aliphatic rings. The van der Waals surface area contributed by atoms with Crippen LogP contribution in [0.25, 0.3) is 10.9 Å². The van der Waals surface area contributed by atoms with E-state index in [0.717, 1.165) is 6.07 Å². The molecule has 1 atom stereocenters. The van der Waals surface area contributed by atoms with E-state index in [2.05, 4.69) is 4.98 Å². The van der Waals surface area contributed by atoms with Crippen LogP contribution >= 0.6 is 11.6 Å². The first-order valence-electron chi connectivity index (χ1n) is 9.94. The van der Waals surface area contributed by atoms with Crippen molar-refractivity contribution < 1.29 is 31.9 Å². The molecule has 174 valence electrons. The smallest absolute Gasteiger partial charge is 0.273 e. The number of aromatic nitrogens is 1. The number of H-pyrrole nitrogens is 1. The van der Waals surface area contributed by atoms with Gasteiger partial charge < -0.3 is 19.5 Å². The summed E-state index contributed by atoms with van der Waals surface area (Å²) in [5.41, 5.74) is -0.183. The topological polar surface area (TPSA) is 68.9 Å². The number of halogens is 5. The van der Waals surface area contributed by atoms with Crippen LogP contribution in [-0.2, 0) is 9.53 Å². The predicted molar refractivity (Wildman–Crippen MR) is 108 cm³/mol. The number of likely N-dealkylation sites (tertiary alicyclic amines) is 1. The van der Waals surface area contributed by atoms with Crippen molar-refractivity contribution in [3.63, 3.8) is 0 Å². The predicted octanol–water partition coefficient (Wildman–Crippen LogP) is 2.35. The quantitative estimate of drug-likeness (QED) is 0.673. The number of carbonyl (C=O) groups is 2. The lowest BCUT2D eigenvalue weighted by molar-refractivity contribution is -0.152. The van der Waals surface area contributed by atoms with Crippen molar-refractivity contribution in [1.82, 2.24) is 19.7 Å². The van der Waals surface area contributed by atoms with Crippen molar-refractivity contribution in [2.75, 3.05) is 53.0 Å². The number of benzene rings is 1. The second-order valence-electron chi connectivity index (χ2n) is 8.05. The number of aromatic amines is 1. The second-order valence-corrected chi connectivity index (χ2v) is 8.42. The van der Waals surface area contributed by atoms with Crippen LogP contribution in [0.15, 0.2) is 12.1 Å². The maximum absolute atomic E-state index is 15.0. The Morgan fingerprint density at radius 1 is 1.25 bits per heavy atom. The molecule has 2 saturated heterocycles. The van der Waals surface area contributed by atoms with Crippen LogP contribution in [0.2, 0.25) is 5.02 Å². The Morgan fingerprint density at radius 3 is 2.62 bits per heavy atom. The van der Waals surface area contributed by atoms with E-state index in [1.807, 2.05) is 0 Å². The van der Waals surface area contributed by atoms with Gasteiger partial charge in [-0.2, -0.15) is 0 Å². The molecule has 0 saturated carbocycles. The van der Waals surface area contributed by atoms with Crippen molar-refractivity contribution in [2.24, 2.45) is 0 Å². The Hall–Kier alpha value is -2.37. The van der Waals surface area contributed by atoms with Gasteiger partial charge in [0.05, 0.1) is 48.2 Å². The zero-order valence-corrected chi connectivity index (χ0v) is 17.9. The lowest BCUT2D eigenvalue weighted by atomic mass is 10.1. The number of carbonyl (C=O) groups excluding carboxylic acids is 2. The monoisotopic (exact) mass is 476 g/mol. The summed E-state index contributed by atoms with van der Waals surface area (Å²) >= 11 is 5.87. The minimum atomic E-state index is -2.76. The van der Waals surface area contributed by atoms with Crippen LogP contribution in [0.1, 0.15) is 10.5 Å². The highest BCUT2D eigenvalue weighted by atomic mass is 35.5. The zero-order valence-electron chi connectivity index (χ0n) is 17.1. The molecule has 32 heavy (non-hydrogen) atoms. The van der Waals surface area contributed by atoms with Crippen LogP contribution < -0.4 is 0 Å². The molecule has 1 N–H and O–H groups in total. The van der Waals surface area contributed by atoms with Gasteiger partial charge in [0.25, 0.3) is 11.8 Å². The van der Waals surface area contributed by atoms with E-state index in [1.165, 1.54) is 27.9 Å². The van der Waals surface area contributed by atoms with Gasteiger partial charge in [0, 0.05) is 26.7 Å². The molecule has 2 aromatic rings. The molecule has 2 fully saturated rings. The number of methoxy groups -OCH3 is 1. The molecule has 0 aliphatic carbocycles. The largest absolute Gasteiger partial charge is 0.382 e. The fraction of sp³-hybridized carbons (Fsp3) is 0.500. The van der Waals surface area contributed by atoms with Gasteiger partial charge in [-0.05, 0) is 12.1 Å². The molecule has 12 heteroatoms. The van der Waals surface area contributed by atoms with Gasteiger partial charge in [0.2, 0.25) is 5.91 Å². The van der Waals surface area contributed by atoms with Crippen molar-refractivity contribution in [2.45, 2.75) is 12.0 Å². The Balaban J connectivity index is 1.50. The molecule has 0 unspecified atom stereocenters. The number of nitrogens with one attached hydrogen (secondary N) is 1. The zero-order chi connectivity index (χ0) is 23.2. The number of alkyl halides is 2. The van der Waals surface area contributed by atoms with E-state index in [9.17, 15) is 27.2 Å². The van der Waals surface area contributed by atoms with E-state index < -0.39 is 47.6 Å². The van der Waals surface area contributed by atoms with Crippen LogP contribution in [0.5, 0.6) is 0 Å². The van der Waals surface area contributed by atoms with Gasteiger partial charge in [-0.25, -0.2) is 17.6 Å². The van der Waals surface area contributed by atoms with Crippen molar-refractivity contribution in [3.05, 3.63) is 34.5 Å². The third-order valence-corrected chi connectivity index (χ3v) is 6.10. The SMILES string of the molecule is COC[C@H]1CN(C(=O)CN2CC(F)(F)C2)CCN1C(=O)c1[nH]c2ccc(F)c(Cl)c2c1F. The molecule has 2 aliphatic heterocycles. The molecule has 7 nitrogen and oxygen atoms in total. The highest BCUT2D eigenvalue weighted by molar-refractivity contribution is 6.35. The Bertz CT molecular complexity index is 1060. The third-order valence-electron chi connectivity index (χ3n) is 5.73. The van der Waals surface area contributed by atoms with Crippen LogP contribution in [-0.4, -0.2) is 96.4 Å². The number of piperazine rings is 1. The Morgan fingerprint density at radius 2 is 1.97 bits per heavy atom. The number of hydrogen-bond donors (Lipinski definition) is 1. The standard InChI is InChI=1S/C20H21ClF4N4O3/c1-32-8-11-6-28(14(30)7-27-9-20(24,25)10-27)4-5-29(11)19(31)18-17(23)15-13(26-18)3-2-12(22)16(15)21/h2-3,11,26H,4-10H2,1H3/t11-/m1/s1. The normalized spacial score (nSPS) is 21.1. The molecule has 0 bridgehead atoms. The van der Waals surface area contributed by atoms with Crippen molar-refractivity contribution in [1.29, 1.82) is 0 Å². The first-order chi connectivity index (χ1) is 15.1. The molecule has 2 amide bonds. The van der Waals surface area contributed by atoms with E-state index in [0.29, 0.717) is 0 Å². The molecule has 4 rings (SSSR count). The molecular weight excluding hydrogens is 456 g/mol. The van der Waals surface area contributed by atoms with Crippen molar-refractivity contribution in [3.8, 4) is 0 Å². The van der Waals surface area contributed by atoms with E-state index >= 15 is 0 Å². The number of nitrogens with zero attached hydrogens (tertiary/aromatic N) is 3. The molecular formula is C20H21ClF4N4O3. The second kappa shape index (κ2) is 8.53. The van der Waals surface area contributed by atoms with Gasteiger partial charge in [-0.3, -0.25) is 14.5 Å². The molecule has 1 aromatic carbocycles. The summed E-state index contributed by atoms with van der Waals surface area (Å²) in [6.07, 6.45) is 0. The summed E-state index contributed by atoms with van der Waals surface area (Å²) in [6, 6.07) is 1.78. The molecule has 0 radical (unpaired) electrons. The Labute approximate surface area is 185 Å². The fourth-order valence-electron chi connectivity index (χ4n) is 4.17. The third kappa shape index (κ3) is 4.16. The fourth-order valence-corrected chi connectivity index (χ4v) is 4.42.